The predicted molar refractivity (Wildman–Crippen MR) is 166 cm³/mol. The summed E-state index contributed by atoms with van der Waals surface area (Å²) in [5.41, 5.74) is 2.50. The molecule has 10 heteroatoms. The van der Waals surface area contributed by atoms with E-state index in [2.05, 4.69) is 41.7 Å². The summed E-state index contributed by atoms with van der Waals surface area (Å²) in [5, 5.41) is 18.5. The average molecular weight is 603 g/mol. The van der Waals surface area contributed by atoms with Crippen LogP contribution in [-0.4, -0.2) is 52.7 Å². The van der Waals surface area contributed by atoms with Crippen molar-refractivity contribution in [2.75, 3.05) is 6.54 Å². The molecule has 10 nitrogen and oxygen atoms in total. The van der Waals surface area contributed by atoms with Gasteiger partial charge in [0, 0.05) is 41.9 Å². The van der Waals surface area contributed by atoms with Crippen LogP contribution in [0.4, 0.5) is 4.79 Å². The Hall–Kier alpha value is -4.34. The summed E-state index contributed by atoms with van der Waals surface area (Å²) in [6.45, 7) is 6.74. The molecular weight excluding hydrogens is 560 g/mol. The van der Waals surface area contributed by atoms with E-state index in [9.17, 15) is 19.2 Å². The van der Waals surface area contributed by atoms with Crippen molar-refractivity contribution in [3.05, 3.63) is 71.9 Å². The second-order valence-corrected chi connectivity index (χ2v) is 12.9. The molecule has 2 unspecified atom stereocenters. The van der Waals surface area contributed by atoms with Crippen molar-refractivity contribution in [2.24, 2.45) is 16.7 Å². The molecule has 44 heavy (non-hydrogen) atoms. The molecule has 0 radical (unpaired) electrons. The zero-order valence-electron chi connectivity index (χ0n) is 25.5. The largest absolute Gasteiger partial charge is 0.481 e. The van der Waals surface area contributed by atoms with Gasteiger partial charge in [-0.3, -0.25) is 14.4 Å². The van der Waals surface area contributed by atoms with Crippen LogP contribution >= 0.6 is 0 Å². The number of fused-ring (bicyclic) bond motifs is 3. The van der Waals surface area contributed by atoms with Gasteiger partial charge in [-0.25, -0.2) is 4.79 Å². The normalized spacial score (nSPS) is 23.1. The number of ether oxygens (including phenoxy) is 1. The van der Waals surface area contributed by atoms with E-state index in [0.717, 1.165) is 41.3 Å². The highest BCUT2D eigenvalue weighted by Gasteiger charge is 2.63. The number of nitrogens with one attached hydrogen (secondary N) is 4. The lowest BCUT2D eigenvalue weighted by Crippen LogP contribution is -2.51. The van der Waals surface area contributed by atoms with Gasteiger partial charge in [0.15, 0.2) is 0 Å². The molecule has 1 aromatic heterocycles. The van der Waals surface area contributed by atoms with Crippen molar-refractivity contribution in [1.29, 1.82) is 0 Å². The van der Waals surface area contributed by atoms with Gasteiger partial charge in [0.2, 0.25) is 11.8 Å². The summed E-state index contributed by atoms with van der Waals surface area (Å²) in [6, 6.07) is 15.4. The molecule has 0 aliphatic heterocycles. The molecule has 2 fully saturated rings. The van der Waals surface area contributed by atoms with E-state index < -0.39 is 36.0 Å². The molecule has 2 saturated carbocycles. The van der Waals surface area contributed by atoms with Crippen molar-refractivity contribution in [1.82, 2.24) is 20.9 Å². The predicted octanol–water partition coefficient (Wildman–Crippen LogP) is 4.86. The Morgan fingerprint density at radius 2 is 1.73 bits per heavy atom. The maximum atomic E-state index is 13.7. The van der Waals surface area contributed by atoms with Crippen LogP contribution in [0.3, 0.4) is 0 Å². The molecule has 0 saturated heterocycles. The Morgan fingerprint density at radius 3 is 2.41 bits per heavy atom. The summed E-state index contributed by atoms with van der Waals surface area (Å²) in [4.78, 5) is 53.8. The SMILES string of the molecule is CC1(C)C2CCC1(C)[C@@H](OC(=O)N[C@H](Cc1c[nH]c3ccccc13)C(=O)NC[C@H](NC(=O)CCC(=O)O)c1ccccc1)C2. The van der Waals surface area contributed by atoms with E-state index in [-0.39, 0.29) is 42.7 Å². The van der Waals surface area contributed by atoms with Crippen LogP contribution in [-0.2, 0) is 25.5 Å². The minimum atomic E-state index is -1.06. The number of amides is 3. The zero-order chi connectivity index (χ0) is 31.5. The summed E-state index contributed by atoms with van der Waals surface area (Å²) >= 11 is 0. The maximum Gasteiger partial charge on any atom is 0.408 e. The number of rotatable bonds is 12. The Bertz CT molecular complexity index is 1520. The molecule has 2 bridgehead atoms. The summed E-state index contributed by atoms with van der Waals surface area (Å²) in [6.07, 6.45) is 3.69. The summed E-state index contributed by atoms with van der Waals surface area (Å²) in [7, 11) is 0. The lowest BCUT2D eigenvalue weighted by atomic mass is 9.70. The fourth-order valence-corrected chi connectivity index (χ4v) is 7.09. The van der Waals surface area contributed by atoms with Crippen LogP contribution in [0.5, 0.6) is 0 Å². The van der Waals surface area contributed by atoms with Crippen LogP contribution in [0.25, 0.3) is 10.9 Å². The molecule has 2 aliphatic rings. The first kappa shape index (κ1) is 31.1. The van der Waals surface area contributed by atoms with Gasteiger partial charge in [0.25, 0.3) is 0 Å². The summed E-state index contributed by atoms with van der Waals surface area (Å²) in [5.74, 6) is -1.43. The number of H-pyrrole nitrogens is 1. The van der Waals surface area contributed by atoms with Gasteiger partial charge < -0.3 is 30.8 Å². The van der Waals surface area contributed by atoms with Crippen molar-refractivity contribution in [3.8, 4) is 0 Å². The van der Waals surface area contributed by atoms with Gasteiger partial charge in [-0.15, -0.1) is 0 Å². The average Bonchev–Trinajstić information content (AvgIpc) is 3.57. The van der Waals surface area contributed by atoms with Gasteiger partial charge in [0.05, 0.1) is 12.5 Å². The molecule has 2 aromatic carbocycles. The van der Waals surface area contributed by atoms with E-state index in [1.54, 1.807) is 0 Å². The standard InChI is InChI=1S/C34H42N4O6/c1-33(2)23-15-16-34(33,3)28(18-23)44-32(43)38-26(17-22-19-35-25-12-8-7-11-24(22)25)31(42)36-20-27(21-9-5-4-6-10-21)37-29(39)13-14-30(40)41/h4-12,19,23,26-28,35H,13-18,20H2,1-3H3,(H,36,42)(H,37,39)(H,38,43)(H,40,41)/t23?,26-,27+,28+,34?/m1/s1. The third kappa shape index (κ3) is 6.44. The molecule has 3 amide bonds. The van der Waals surface area contributed by atoms with Crippen LogP contribution < -0.4 is 16.0 Å². The number of carboxylic acid groups (broad SMARTS) is 1. The van der Waals surface area contributed by atoms with Crippen molar-refractivity contribution in [3.63, 3.8) is 0 Å². The van der Waals surface area contributed by atoms with E-state index in [1.165, 1.54) is 0 Å². The Labute approximate surface area is 257 Å². The molecule has 5 atom stereocenters. The number of carbonyl (C=O) groups excluding carboxylic acids is 3. The third-order valence-electron chi connectivity index (χ3n) is 10.3. The monoisotopic (exact) mass is 602 g/mol. The van der Waals surface area contributed by atoms with E-state index >= 15 is 0 Å². The van der Waals surface area contributed by atoms with Gasteiger partial charge in [-0.05, 0) is 47.8 Å². The lowest BCUT2D eigenvalue weighted by Gasteiger charge is -2.38. The molecule has 3 aromatic rings. The van der Waals surface area contributed by atoms with Gasteiger partial charge in [-0.1, -0.05) is 69.3 Å². The molecule has 5 rings (SSSR count). The number of hydrogen-bond acceptors (Lipinski definition) is 5. The Kier molecular flexibility index (Phi) is 8.99. The number of carbonyl (C=O) groups is 4. The fraction of sp³-hybridized carbons (Fsp3) is 0.471. The van der Waals surface area contributed by atoms with E-state index in [0.29, 0.717) is 5.92 Å². The number of aromatic amines is 1. The number of alkyl carbamates (subject to hydrolysis) is 1. The van der Waals surface area contributed by atoms with Crippen LogP contribution in [0.2, 0.25) is 0 Å². The maximum absolute atomic E-state index is 13.7. The van der Waals surface area contributed by atoms with Gasteiger partial charge in [0.1, 0.15) is 12.1 Å². The van der Waals surface area contributed by atoms with Crippen molar-refractivity contribution < 1.29 is 29.0 Å². The molecule has 1 heterocycles. The number of carboxylic acids is 1. The number of benzene rings is 2. The molecule has 2 aliphatic carbocycles. The molecule has 5 N–H and O–H groups in total. The minimum Gasteiger partial charge on any atom is -0.481 e. The van der Waals surface area contributed by atoms with Crippen LogP contribution in [0.1, 0.15) is 70.0 Å². The zero-order valence-corrected chi connectivity index (χ0v) is 25.5. The van der Waals surface area contributed by atoms with Crippen molar-refractivity contribution in [2.45, 2.75) is 77.5 Å². The van der Waals surface area contributed by atoms with Gasteiger partial charge in [-0.2, -0.15) is 0 Å². The second-order valence-electron chi connectivity index (χ2n) is 12.9. The quantitative estimate of drug-likeness (QED) is 0.200. The van der Waals surface area contributed by atoms with Crippen LogP contribution in [0, 0.1) is 16.7 Å². The lowest BCUT2D eigenvalue weighted by molar-refractivity contribution is -0.138. The molecular formula is C34H42N4O6. The van der Waals surface area contributed by atoms with Gasteiger partial charge >= 0.3 is 12.1 Å². The number of hydrogen-bond donors (Lipinski definition) is 5. The highest BCUT2D eigenvalue weighted by atomic mass is 16.6. The third-order valence-corrected chi connectivity index (χ3v) is 10.3. The van der Waals surface area contributed by atoms with E-state index in [4.69, 9.17) is 9.84 Å². The van der Waals surface area contributed by atoms with E-state index in [1.807, 2.05) is 60.8 Å². The number of para-hydroxylation sites is 1. The van der Waals surface area contributed by atoms with Crippen molar-refractivity contribution >= 4 is 34.8 Å². The topological polar surface area (TPSA) is 150 Å². The molecule has 234 valence electrons. The smallest absolute Gasteiger partial charge is 0.408 e. The first-order chi connectivity index (χ1) is 21.0. The highest BCUT2D eigenvalue weighted by molar-refractivity contribution is 5.88. The summed E-state index contributed by atoms with van der Waals surface area (Å²) < 4.78 is 6.02. The number of aromatic nitrogens is 1. The van der Waals surface area contributed by atoms with Crippen LogP contribution in [0.15, 0.2) is 60.8 Å². The minimum absolute atomic E-state index is 0.0410. The molecule has 0 spiro atoms. The number of aliphatic carboxylic acids is 1. The second kappa shape index (κ2) is 12.7. The Balaban J connectivity index is 1.31. The Morgan fingerprint density at radius 1 is 1.00 bits per heavy atom. The first-order valence-electron chi connectivity index (χ1n) is 15.3. The fourth-order valence-electron chi connectivity index (χ4n) is 7.09. The first-order valence-corrected chi connectivity index (χ1v) is 15.3. The highest BCUT2D eigenvalue weighted by Crippen LogP contribution is 2.66.